The van der Waals surface area contributed by atoms with Crippen LogP contribution in [0.4, 0.5) is 0 Å². The number of Topliss-reactive ketones (excluding diaryl/α,β-unsaturated/α-hetero) is 2. The third-order valence-electron chi connectivity index (χ3n) is 1.49. The van der Waals surface area contributed by atoms with E-state index in [2.05, 4.69) is 0 Å². The van der Waals surface area contributed by atoms with Crippen molar-refractivity contribution >= 4 is 17.8 Å². The fourth-order valence-corrected chi connectivity index (χ4v) is 0.809. The molecule has 0 aliphatic heterocycles. The average molecular weight is 125 g/mol. The summed E-state index contributed by atoms with van der Waals surface area (Å²) in [5, 5.41) is 6.56. The Kier molecular flexibility index (Phi) is 1.42. The van der Waals surface area contributed by atoms with Gasteiger partial charge in [0.15, 0.2) is 5.78 Å². The highest BCUT2D eigenvalue weighted by molar-refractivity contribution is 6.29. The van der Waals surface area contributed by atoms with Gasteiger partial charge in [0.05, 0.1) is 6.21 Å². The first-order valence-electron chi connectivity index (χ1n) is 2.80. The van der Waals surface area contributed by atoms with E-state index >= 15 is 0 Å². The number of hydrogen-bond acceptors (Lipinski definition) is 3. The Morgan fingerprint density at radius 3 is 2.56 bits per heavy atom. The minimum absolute atomic E-state index is 0.134. The van der Waals surface area contributed by atoms with Crippen molar-refractivity contribution in [3.8, 4) is 0 Å². The third kappa shape index (κ3) is 1.04. The van der Waals surface area contributed by atoms with Gasteiger partial charge in [-0.25, -0.2) is 0 Å². The normalized spacial score (nSPS) is 18.9. The van der Waals surface area contributed by atoms with Crippen molar-refractivity contribution in [2.24, 2.45) is 5.92 Å². The zero-order chi connectivity index (χ0) is 6.85. The molecule has 0 amide bonds. The van der Waals surface area contributed by atoms with Gasteiger partial charge in [0, 0.05) is 18.8 Å². The zero-order valence-electron chi connectivity index (χ0n) is 4.89. The molecular formula is C6H7NO2. The molecule has 0 bridgehead atoms. The standard InChI is InChI=1S/C6H7NO2/c7-3-6(9)4-1-5(8)2-4/h3-4,7H,1-2H2. The Labute approximate surface area is 52.6 Å². The summed E-state index contributed by atoms with van der Waals surface area (Å²) in [5.41, 5.74) is 0. The summed E-state index contributed by atoms with van der Waals surface area (Å²) >= 11 is 0. The van der Waals surface area contributed by atoms with Gasteiger partial charge >= 0.3 is 0 Å². The van der Waals surface area contributed by atoms with E-state index in [0.717, 1.165) is 6.21 Å². The van der Waals surface area contributed by atoms with Crippen LogP contribution in [0.15, 0.2) is 0 Å². The number of nitrogens with one attached hydrogen (secondary N) is 1. The number of ketones is 2. The summed E-state index contributed by atoms with van der Waals surface area (Å²) < 4.78 is 0. The summed E-state index contributed by atoms with van der Waals surface area (Å²) in [6.45, 7) is 0. The van der Waals surface area contributed by atoms with Crippen molar-refractivity contribution in [2.75, 3.05) is 0 Å². The van der Waals surface area contributed by atoms with E-state index in [1.165, 1.54) is 0 Å². The van der Waals surface area contributed by atoms with E-state index < -0.39 is 0 Å². The van der Waals surface area contributed by atoms with Crippen LogP contribution >= 0.6 is 0 Å². The van der Waals surface area contributed by atoms with Crippen molar-refractivity contribution in [3.05, 3.63) is 0 Å². The zero-order valence-corrected chi connectivity index (χ0v) is 4.89. The molecule has 0 aromatic carbocycles. The van der Waals surface area contributed by atoms with Crippen LogP contribution in [0.25, 0.3) is 0 Å². The van der Waals surface area contributed by atoms with Crippen molar-refractivity contribution in [3.63, 3.8) is 0 Å². The van der Waals surface area contributed by atoms with Crippen molar-refractivity contribution < 1.29 is 9.59 Å². The van der Waals surface area contributed by atoms with Gasteiger partial charge in [0.1, 0.15) is 5.78 Å². The molecule has 0 saturated heterocycles. The molecule has 0 heterocycles. The molecule has 0 radical (unpaired) electrons. The molecule has 1 rings (SSSR count). The smallest absolute Gasteiger partial charge is 0.177 e. The predicted octanol–water partition coefficient (Wildman–Crippen LogP) is 0.184. The minimum atomic E-state index is -0.213. The van der Waals surface area contributed by atoms with Gasteiger partial charge < -0.3 is 5.41 Å². The van der Waals surface area contributed by atoms with Crippen LogP contribution in [-0.2, 0) is 9.59 Å². The summed E-state index contributed by atoms with van der Waals surface area (Å²) in [5.74, 6) is -0.236. The lowest BCUT2D eigenvalue weighted by atomic mass is 9.81. The topological polar surface area (TPSA) is 58.0 Å². The molecule has 0 unspecified atom stereocenters. The van der Waals surface area contributed by atoms with Gasteiger partial charge in [-0.05, 0) is 0 Å². The van der Waals surface area contributed by atoms with E-state index in [1.54, 1.807) is 0 Å². The van der Waals surface area contributed by atoms with Crippen LogP contribution in [0.1, 0.15) is 12.8 Å². The number of carbonyl (C=O) groups is 2. The molecule has 1 saturated carbocycles. The molecular weight excluding hydrogens is 118 g/mol. The lowest BCUT2D eigenvalue weighted by Crippen LogP contribution is -2.30. The lowest BCUT2D eigenvalue weighted by Gasteiger charge is -2.19. The van der Waals surface area contributed by atoms with Gasteiger partial charge in [0.25, 0.3) is 0 Å². The van der Waals surface area contributed by atoms with E-state index in [-0.39, 0.29) is 17.5 Å². The lowest BCUT2D eigenvalue weighted by molar-refractivity contribution is -0.133. The molecule has 9 heavy (non-hydrogen) atoms. The predicted molar refractivity (Wildman–Crippen MR) is 31.5 cm³/mol. The summed E-state index contributed by atoms with van der Waals surface area (Å²) in [6.07, 6.45) is 1.50. The molecule has 1 fully saturated rings. The second-order valence-corrected chi connectivity index (χ2v) is 2.19. The maximum absolute atomic E-state index is 10.5. The minimum Gasteiger partial charge on any atom is -0.305 e. The molecule has 3 nitrogen and oxygen atoms in total. The monoisotopic (exact) mass is 125 g/mol. The first-order valence-corrected chi connectivity index (χ1v) is 2.80. The first-order chi connectivity index (χ1) is 4.24. The van der Waals surface area contributed by atoms with Crippen LogP contribution in [0.3, 0.4) is 0 Å². The highest BCUT2D eigenvalue weighted by Gasteiger charge is 2.30. The van der Waals surface area contributed by atoms with E-state index in [9.17, 15) is 9.59 Å². The summed E-state index contributed by atoms with van der Waals surface area (Å²) in [7, 11) is 0. The van der Waals surface area contributed by atoms with Crippen LogP contribution in [0.2, 0.25) is 0 Å². The number of rotatable bonds is 2. The van der Waals surface area contributed by atoms with Crippen LogP contribution in [0, 0.1) is 11.3 Å². The molecule has 1 N–H and O–H groups in total. The van der Waals surface area contributed by atoms with Crippen molar-refractivity contribution in [2.45, 2.75) is 12.8 Å². The fraction of sp³-hybridized carbons (Fsp3) is 0.500. The largest absolute Gasteiger partial charge is 0.305 e. The molecule has 0 spiro atoms. The molecule has 0 aromatic rings. The van der Waals surface area contributed by atoms with Crippen LogP contribution in [0.5, 0.6) is 0 Å². The van der Waals surface area contributed by atoms with E-state index in [0.29, 0.717) is 12.8 Å². The third-order valence-corrected chi connectivity index (χ3v) is 1.49. The quantitative estimate of drug-likeness (QED) is 0.535. The van der Waals surface area contributed by atoms with Gasteiger partial charge in [-0.1, -0.05) is 0 Å². The summed E-state index contributed by atoms with van der Waals surface area (Å²) in [6, 6.07) is 0. The highest BCUT2D eigenvalue weighted by atomic mass is 16.1. The number of hydrogen-bond donors (Lipinski definition) is 1. The molecule has 1 aliphatic rings. The SMILES string of the molecule is N=CC(=O)C1CC(=O)C1. The molecule has 48 valence electrons. The first kappa shape index (κ1) is 6.13. The molecule has 0 aromatic heterocycles. The Balaban J connectivity index is 2.40. The van der Waals surface area contributed by atoms with Crippen LogP contribution in [-0.4, -0.2) is 17.8 Å². The Bertz CT molecular complexity index is 166. The Morgan fingerprint density at radius 2 is 2.22 bits per heavy atom. The van der Waals surface area contributed by atoms with Gasteiger partial charge in [0.2, 0.25) is 0 Å². The van der Waals surface area contributed by atoms with Crippen molar-refractivity contribution in [1.29, 1.82) is 5.41 Å². The maximum atomic E-state index is 10.5. The number of carbonyl (C=O) groups excluding carboxylic acids is 2. The Morgan fingerprint density at radius 1 is 1.67 bits per heavy atom. The van der Waals surface area contributed by atoms with Gasteiger partial charge in [-0.2, -0.15) is 0 Å². The summed E-state index contributed by atoms with van der Waals surface area (Å²) in [4.78, 5) is 20.8. The van der Waals surface area contributed by atoms with Gasteiger partial charge in [-0.3, -0.25) is 9.59 Å². The second kappa shape index (κ2) is 2.09. The van der Waals surface area contributed by atoms with Crippen molar-refractivity contribution in [1.82, 2.24) is 0 Å². The van der Waals surface area contributed by atoms with E-state index in [4.69, 9.17) is 5.41 Å². The van der Waals surface area contributed by atoms with Gasteiger partial charge in [-0.15, -0.1) is 0 Å². The average Bonchev–Trinajstić information content (AvgIpc) is 1.79. The molecule has 1 aliphatic carbocycles. The molecule has 0 atom stereocenters. The Hall–Kier alpha value is -0.990. The maximum Gasteiger partial charge on any atom is 0.177 e. The molecule has 3 heteroatoms. The highest BCUT2D eigenvalue weighted by Crippen LogP contribution is 2.22. The second-order valence-electron chi connectivity index (χ2n) is 2.19. The van der Waals surface area contributed by atoms with E-state index in [1.807, 2.05) is 0 Å². The van der Waals surface area contributed by atoms with Crippen LogP contribution < -0.4 is 0 Å². The fourth-order valence-electron chi connectivity index (χ4n) is 0.809.